The van der Waals surface area contributed by atoms with Crippen molar-refractivity contribution >= 4 is 23.3 Å². The minimum atomic E-state index is -1.17. The average Bonchev–Trinajstić information content (AvgIpc) is 2.25. The van der Waals surface area contributed by atoms with E-state index < -0.39 is 10.9 Å². The summed E-state index contributed by atoms with van der Waals surface area (Å²) in [5.41, 5.74) is -0.133. The van der Waals surface area contributed by atoms with E-state index in [-0.39, 0.29) is 21.8 Å². The lowest BCUT2D eigenvalue weighted by Crippen LogP contribution is -2.06. The molecule has 0 heterocycles. The Bertz CT molecular complexity index is 459. The molecule has 92 valence electrons. The van der Waals surface area contributed by atoms with Gasteiger partial charge in [-0.2, -0.15) is 0 Å². The van der Waals surface area contributed by atoms with Gasteiger partial charge < -0.3 is 5.11 Å². The lowest BCUT2D eigenvalue weighted by atomic mass is 10.00. The fraction of sp³-hybridized carbons (Fsp3) is 0.364. The Kier molecular flexibility index (Phi) is 4.45. The second kappa shape index (κ2) is 5.63. The van der Waals surface area contributed by atoms with E-state index in [0.717, 1.165) is 6.42 Å². The number of aromatic carboxylic acids is 1. The van der Waals surface area contributed by atoms with E-state index in [2.05, 4.69) is 0 Å². The number of nitrogens with zero attached hydrogens (tertiary/aromatic N) is 1. The lowest BCUT2D eigenvalue weighted by molar-refractivity contribution is -0.385. The van der Waals surface area contributed by atoms with E-state index in [1.807, 2.05) is 6.92 Å². The molecule has 1 aromatic rings. The minimum Gasteiger partial charge on any atom is -0.478 e. The number of hydrogen-bond acceptors (Lipinski definition) is 3. The normalized spacial score (nSPS) is 10.2. The molecule has 0 saturated carbocycles. The fourth-order valence-electron chi connectivity index (χ4n) is 1.61. The van der Waals surface area contributed by atoms with Crippen LogP contribution in [0.3, 0.4) is 0 Å². The number of nitro groups is 1. The molecule has 0 unspecified atom stereocenters. The van der Waals surface area contributed by atoms with Crippen molar-refractivity contribution in [2.45, 2.75) is 26.2 Å². The van der Waals surface area contributed by atoms with Gasteiger partial charge in [0.15, 0.2) is 0 Å². The van der Waals surface area contributed by atoms with Crippen LogP contribution in [0.4, 0.5) is 5.69 Å². The number of unbranched alkanes of at least 4 members (excludes halogenated alkanes) is 1. The van der Waals surface area contributed by atoms with Crippen LogP contribution in [0.25, 0.3) is 0 Å². The molecule has 0 radical (unpaired) electrons. The minimum absolute atomic E-state index is 0.0221. The summed E-state index contributed by atoms with van der Waals surface area (Å²) in [4.78, 5) is 21.3. The highest BCUT2D eigenvalue weighted by Crippen LogP contribution is 2.32. The van der Waals surface area contributed by atoms with Crippen LogP contribution < -0.4 is 0 Å². The van der Waals surface area contributed by atoms with Crippen molar-refractivity contribution in [1.82, 2.24) is 0 Å². The summed E-state index contributed by atoms with van der Waals surface area (Å²) < 4.78 is 0. The van der Waals surface area contributed by atoms with Crippen LogP contribution >= 0.6 is 11.6 Å². The highest BCUT2D eigenvalue weighted by Gasteiger charge is 2.24. The fourth-order valence-corrected chi connectivity index (χ4v) is 1.86. The van der Waals surface area contributed by atoms with E-state index >= 15 is 0 Å². The Morgan fingerprint density at radius 2 is 2.18 bits per heavy atom. The first kappa shape index (κ1) is 13.4. The number of rotatable bonds is 5. The van der Waals surface area contributed by atoms with Crippen molar-refractivity contribution in [3.05, 3.63) is 38.4 Å². The zero-order valence-electron chi connectivity index (χ0n) is 9.27. The summed E-state index contributed by atoms with van der Waals surface area (Å²) in [6.45, 7) is 1.93. The third-order valence-electron chi connectivity index (χ3n) is 2.43. The van der Waals surface area contributed by atoms with Gasteiger partial charge in [-0.05, 0) is 25.0 Å². The molecule has 0 saturated heterocycles. The molecule has 1 N–H and O–H groups in total. The van der Waals surface area contributed by atoms with Gasteiger partial charge in [0.2, 0.25) is 0 Å². The van der Waals surface area contributed by atoms with Gasteiger partial charge >= 0.3 is 5.97 Å². The number of carbonyl (C=O) groups is 1. The zero-order chi connectivity index (χ0) is 13.0. The molecule has 0 aliphatic heterocycles. The second-order valence-corrected chi connectivity index (χ2v) is 4.00. The monoisotopic (exact) mass is 257 g/mol. The lowest BCUT2D eigenvalue weighted by Gasteiger charge is -2.07. The van der Waals surface area contributed by atoms with Crippen LogP contribution in [0.15, 0.2) is 12.1 Å². The standard InChI is InChI=1S/C11H12ClNO4/c1-2-3-4-7-8(11(14)15)5-6-9(12)10(7)13(16)17/h5-6H,2-4H2,1H3,(H,14,15). The zero-order valence-corrected chi connectivity index (χ0v) is 10.0. The molecule has 0 aromatic heterocycles. The van der Waals surface area contributed by atoms with E-state index in [9.17, 15) is 14.9 Å². The Morgan fingerprint density at radius 3 is 2.65 bits per heavy atom. The van der Waals surface area contributed by atoms with Crippen molar-refractivity contribution in [3.63, 3.8) is 0 Å². The Morgan fingerprint density at radius 1 is 1.53 bits per heavy atom. The molecule has 6 heteroatoms. The number of halogens is 1. The quantitative estimate of drug-likeness (QED) is 0.648. The van der Waals surface area contributed by atoms with Gasteiger partial charge in [-0.15, -0.1) is 0 Å². The van der Waals surface area contributed by atoms with Crippen molar-refractivity contribution in [2.75, 3.05) is 0 Å². The summed E-state index contributed by atoms with van der Waals surface area (Å²) >= 11 is 5.75. The Balaban J connectivity index is 3.38. The topological polar surface area (TPSA) is 80.4 Å². The maximum absolute atomic E-state index is 11.0. The molecule has 0 amide bonds. The van der Waals surface area contributed by atoms with E-state index in [4.69, 9.17) is 16.7 Å². The molecule has 0 spiro atoms. The highest BCUT2D eigenvalue weighted by atomic mass is 35.5. The van der Waals surface area contributed by atoms with Crippen LogP contribution in [0.1, 0.15) is 35.7 Å². The van der Waals surface area contributed by atoms with Crippen LogP contribution in [-0.2, 0) is 6.42 Å². The van der Waals surface area contributed by atoms with Gasteiger partial charge in [0.1, 0.15) is 5.02 Å². The van der Waals surface area contributed by atoms with Crippen LogP contribution in [0.2, 0.25) is 5.02 Å². The first-order chi connectivity index (χ1) is 7.99. The van der Waals surface area contributed by atoms with E-state index in [1.54, 1.807) is 0 Å². The SMILES string of the molecule is CCCCc1c(C(=O)O)ccc(Cl)c1[N+](=O)[O-]. The number of carboxylic acid groups (broad SMARTS) is 1. The highest BCUT2D eigenvalue weighted by molar-refractivity contribution is 6.33. The molecular formula is C11H12ClNO4. The molecular weight excluding hydrogens is 246 g/mol. The maximum Gasteiger partial charge on any atom is 0.336 e. The molecule has 0 aliphatic rings. The number of carboxylic acids is 1. The maximum atomic E-state index is 11.0. The summed E-state index contributed by atoms with van der Waals surface area (Å²) in [7, 11) is 0. The Labute approximate surface area is 103 Å². The summed E-state index contributed by atoms with van der Waals surface area (Å²) in [5.74, 6) is -1.17. The van der Waals surface area contributed by atoms with Gasteiger partial charge in [0.25, 0.3) is 5.69 Å². The van der Waals surface area contributed by atoms with Gasteiger partial charge in [0, 0.05) is 5.56 Å². The molecule has 0 fully saturated rings. The largest absolute Gasteiger partial charge is 0.478 e. The third kappa shape index (κ3) is 2.94. The van der Waals surface area contributed by atoms with Gasteiger partial charge in [-0.3, -0.25) is 10.1 Å². The summed E-state index contributed by atoms with van der Waals surface area (Å²) in [6, 6.07) is 2.56. The molecule has 1 aromatic carbocycles. The Hall–Kier alpha value is -1.62. The molecule has 0 aliphatic carbocycles. The van der Waals surface area contributed by atoms with Crippen LogP contribution in [-0.4, -0.2) is 16.0 Å². The van der Waals surface area contributed by atoms with Gasteiger partial charge in [-0.25, -0.2) is 4.79 Å². The predicted molar refractivity (Wildman–Crippen MR) is 63.7 cm³/mol. The van der Waals surface area contributed by atoms with E-state index in [0.29, 0.717) is 12.8 Å². The predicted octanol–water partition coefficient (Wildman–Crippen LogP) is 3.29. The first-order valence-corrected chi connectivity index (χ1v) is 5.55. The van der Waals surface area contributed by atoms with Crippen LogP contribution in [0, 0.1) is 10.1 Å². The number of benzene rings is 1. The van der Waals surface area contributed by atoms with Gasteiger partial charge in [0.05, 0.1) is 10.5 Å². The van der Waals surface area contributed by atoms with Crippen molar-refractivity contribution in [3.8, 4) is 0 Å². The summed E-state index contributed by atoms with van der Waals surface area (Å²) in [5, 5.41) is 19.9. The summed E-state index contributed by atoms with van der Waals surface area (Å²) in [6.07, 6.45) is 1.85. The van der Waals surface area contributed by atoms with Crippen LogP contribution in [0.5, 0.6) is 0 Å². The second-order valence-electron chi connectivity index (χ2n) is 3.59. The molecule has 5 nitrogen and oxygen atoms in total. The third-order valence-corrected chi connectivity index (χ3v) is 2.73. The molecule has 0 bridgehead atoms. The molecule has 17 heavy (non-hydrogen) atoms. The number of hydrogen-bond donors (Lipinski definition) is 1. The molecule has 1 rings (SSSR count). The molecule has 0 atom stereocenters. The number of nitro benzene ring substituents is 1. The first-order valence-electron chi connectivity index (χ1n) is 5.18. The van der Waals surface area contributed by atoms with E-state index in [1.165, 1.54) is 12.1 Å². The average molecular weight is 258 g/mol. The van der Waals surface area contributed by atoms with Gasteiger partial charge in [-0.1, -0.05) is 24.9 Å². The van der Waals surface area contributed by atoms with Crippen molar-refractivity contribution < 1.29 is 14.8 Å². The van der Waals surface area contributed by atoms with Crippen molar-refractivity contribution in [1.29, 1.82) is 0 Å². The van der Waals surface area contributed by atoms with Crippen molar-refractivity contribution in [2.24, 2.45) is 0 Å². The smallest absolute Gasteiger partial charge is 0.336 e.